The van der Waals surface area contributed by atoms with E-state index < -0.39 is 27.3 Å². The second-order valence-electron chi connectivity index (χ2n) is 4.29. The molecule has 0 amide bonds. The number of aliphatic hydroxyl groups excluding tert-OH is 2. The van der Waals surface area contributed by atoms with Crippen LogP contribution in [0.3, 0.4) is 0 Å². The molecule has 0 unspecified atom stereocenters. The van der Waals surface area contributed by atoms with Crippen LogP contribution in [0.15, 0.2) is 0 Å². The molecule has 104 valence electrons. The fourth-order valence-electron chi connectivity index (χ4n) is 1.50. The number of rotatable bonds is 10. The summed E-state index contributed by atoms with van der Waals surface area (Å²) in [5, 5.41) is 17.8. The maximum absolute atomic E-state index is 11.8. The quantitative estimate of drug-likeness (QED) is 0.473. The van der Waals surface area contributed by atoms with Gasteiger partial charge < -0.3 is 10.2 Å². The van der Waals surface area contributed by atoms with Crippen LogP contribution in [0.2, 0.25) is 0 Å². The Balaban J connectivity index is 4.02. The Morgan fingerprint density at radius 1 is 1.00 bits per heavy atom. The summed E-state index contributed by atoms with van der Waals surface area (Å²) in [5.74, 6) is -0.0796. The number of halogens is 1. The fourth-order valence-corrected chi connectivity index (χ4v) is 3.08. The number of aliphatic hydroxyl groups is 2. The van der Waals surface area contributed by atoms with Gasteiger partial charge in [0.1, 0.15) is 0 Å². The van der Waals surface area contributed by atoms with Gasteiger partial charge in [-0.25, -0.2) is 8.42 Å². The third-order valence-corrected chi connectivity index (χ3v) is 5.94. The summed E-state index contributed by atoms with van der Waals surface area (Å²) in [4.78, 5) is 0. The molecule has 0 radical (unpaired) electrons. The number of sulfone groups is 1. The van der Waals surface area contributed by atoms with Gasteiger partial charge in [0.25, 0.3) is 0 Å². The number of hydrogen-bond acceptors (Lipinski definition) is 4. The molecule has 0 atom stereocenters. The lowest BCUT2D eigenvalue weighted by Gasteiger charge is -2.21. The van der Waals surface area contributed by atoms with Crippen LogP contribution >= 0.6 is 11.6 Å². The molecule has 0 bridgehead atoms. The van der Waals surface area contributed by atoms with Crippen molar-refractivity contribution >= 4 is 21.4 Å². The molecule has 0 saturated carbocycles. The van der Waals surface area contributed by atoms with Crippen molar-refractivity contribution in [3.63, 3.8) is 0 Å². The molecular weight excluding hydrogens is 264 g/mol. The largest absolute Gasteiger partial charge is 0.393 e. The maximum Gasteiger partial charge on any atom is 0.191 e. The lowest BCUT2D eigenvalue weighted by Crippen LogP contribution is -2.41. The van der Waals surface area contributed by atoms with E-state index in [1.165, 1.54) is 6.42 Å². The smallest absolute Gasteiger partial charge is 0.191 e. The molecule has 2 N–H and O–H groups in total. The SMILES string of the molecule is CCCCCCCCS(=O)(=O)C(Cl)(CO)CO. The lowest BCUT2D eigenvalue weighted by atomic mass is 10.1. The van der Waals surface area contributed by atoms with Crippen molar-refractivity contribution in [2.45, 2.75) is 49.7 Å². The van der Waals surface area contributed by atoms with E-state index in [9.17, 15) is 8.42 Å². The van der Waals surface area contributed by atoms with Gasteiger partial charge in [-0.2, -0.15) is 0 Å². The number of hydrogen-bond donors (Lipinski definition) is 2. The van der Waals surface area contributed by atoms with Gasteiger partial charge in [0.15, 0.2) is 14.0 Å². The molecule has 0 aliphatic carbocycles. The van der Waals surface area contributed by atoms with Crippen molar-refractivity contribution in [1.29, 1.82) is 0 Å². The topological polar surface area (TPSA) is 74.6 Å². The Bertz CT molecular complexity index is 286. The average Bonchev–Trinajstić information content (AvgIpc) is 2.32. The summed E-state index contributed by atoms with van der Waals surface area (Å²) >= 11 is 5.67. The van der Waals surface area contributed by atoms with Gasteiger partial charge in [-0.05, 0) is 6.42 Å². The van der Waals surface area contributed by atoms with Gasteiger partial charge >= 0.3 is 0 Å². The van der Waals surface area contributed by atoms with Gasteiger partial charge in [-0.1, -0.05) is 50.6 Å². The molecule has 4 nitrogen and oxygen atoms in total. The Kier molecular flexibility index (Phi) is 8.37. The van der Waals surface area contributed by atoms with Crippen molar-refractivity contribution in [3.8, 4) is 0 Å². The van der Waals surface area contributed by atoms with Crippen molar-refractivity contribution in [2.24, 2.45) is 0 Å². The third kappa shape index (κ3) is 5.55. The van der Waals surface area contributed by atoms with E-state index in [1.54, 1.807) is 0 Å². The number of alkyl halides is 1. The minimum absolute atomic E-state index is 0.0796. The first-order valence-corrected chi connectivity index (χ1v) is 8.09. The van der Waals surface area contributed by atoms with E-state index in [4.69, 9.17) is 21.8 Å². The predicted molar refractivity (Wildman–Crippen MR) is 69.9 cm³/mol. The van der Waals surface area contributed by atoms with Crippen LogP contribution in [-0.4, -0.2) is 41.8 Å². The normalized spacial score (nSPS) is 12.9. The summed E-state index contributed by atoms with van der Waals surface area (Å²) in [5.41, 5.74) is 0. The van der Waals surface area contributed by atoms with Crippen LogP contribution in [0.5, 0.6) is 0 Å². The molecule has 0 aromatic carbocycles. The van der Waals surface area contributed by atoms with Crippen LogP contribution in [0, 0.1) is 0 Å². The van der Waals surface area contributed by atoms with Crippen LogP contribution < -0.4 is 0 Å². The monoisotopic (exact) mass is 286 g/mol. The van der Waals surface area contributed by atoms with Crippen molar-refractivity contribution in [1.82, 2.24) is 0 Å². The molecule has 0 aromatic rings. The Morgan fingerprint density at radius 2 is 1.47 bits per heavy atom. The van der Waals surface area contributed by atoms with Crippen LogP contribution in [0.4, 0.5) is 0 Å². The zero-order chi connectivity index (χ0) is 13.4. The Hall–Kier alpha value is 0.160. The molecule has 0 saturated heterocycles. The van der Waals surface area contributed by atoms with Crippen molar-refractivity contribution in [3.05, 3.63) is 0 Å². The summed E-state index contributed by atoms with van der Waals surface area (Å²) in [7, 11) is -3.65. The molecule has 0 aliphatic rings. The summed E-state index contributed by atoms with van der Waals surface area (Å²) in [6, 6.07) is 0. The van der Waals surface area contributed by atoms with Crippen molar-refractivity contribution in [2.75, 3.05) is 19.0 Å². The molecular formula is C11H23ClO4S. The molecule has 6 heteroatoms. The Morgan fingerprint density at radius 3 is 1.94 bits per heavy atom. The third-order valence-electron chi connectivity index (χ3n) is 2.80. The maximum atomic E-state index is 11.8. The van der Waals surface area contributed by atoms with Gasteiger partial charge in [0.05, 0.1) is 19.0 Å². The van der Waals surface area contributed by atoms with Gasteiger partial charge in [-0.3, -0.25) is 0 Å². The van der Waals surface area contributed by atoms with Crippen LogP contribution in [-0.2, 0) is 9.84 Å². The lowest BCUT2D eigenvalue weighted by molar-refractivity contribution is 0.206. The standard InChI is InChI=1S/C11H23ClO4S/c1-2-3-4-5-6-7-8-17(15,16)11(12,9-13)10-14/h13-14H,2-10H2,1H3. The first kappa shape index (κ1) is 17.2. The molecule has 0 fully saturated rings. The minimum atomic E-state index is -3.65. The molecule has 17 heavy (non-hydrogen) atoms. The molecule has 0 spiro atoms. The van der Waals surface area contributed by atoms with E-state index in [0.717, 1.165) is 25.7 Å². The summed E-state index contributed by atoms with van der Waals surface area (Å²) in [6.45, 7) is 0.598. The predicted octanol–water partition coefficient (Wildman–Crippen LogP) is 1.68. The second-order valence-corrected chi connectivity index (χ2v) is 7.65. The van der Waals surface area contributed by atoms with Gasteiger partial charge in [0.2, 0.25) is 0 Å². The molecule has 0 aromatic heterocycles. The van der Waals surface area contributed by atoms with Crippen molar-refractivity contribution < 1.29 is 18.6 Å². The van der Waals surface area contributed by atoms with E-state index in [1.807, 2.05) is 0 Å². The number of unbranched alkanes of at least 4 members (excludes halogenated alkanes) is 5. The van der Waals surface area contributed by atoms with Gasteiger partial charge in [-0.15, -0.1) is 0 Å². The van der Waals surface area contributed by atoms with Crippen LogP contribution in [0.1, 0.15) is 45.4 Å². The van der Waals surface area contributed by atoms with E-state index >= 15 is 0 Å². The highest BCUT2D eigenvalue weighted by atomic mass is 35.5. The van der Waals surface area contributed by atoms with Gasteiger partial charge in [0, 0.05) is 0 Å². The minimum Gasteiger partial charge on any atom is -0.393 e. The first-order chi connectivity index (χ1) is 7.93. The molecule has 0 aliphatic heterocycles. The molecule has 0 heterocycles. The molecule has 0 rings (SSSR count). The average molecular weight is 287 g/mol. The highest BCUT2D eigenvalue weighted by molar-refractivity contribution is 7.94. The highest BCUT2D eigenvalue weighted by Gasteiger charge is 2.40. The summed E-state index contributed by atoms with van der Waals surface area (Å²) < 4.78 is 21.6. The fraction of sp³-hybridized carbons (Fsp3) is 1.00. The van der Waals surface area contributed by atoms with E-state index in [-0.39, 0.29) is 5.75 Å². The van der Waals surface area contributed by atoms with Crippen LogP contribution in [0.25, 0.3) is 0 Å². The van der Waals surface area contributed by atoms with E-state index in [0.29, 0.717) is 6.42 Å². The highest BCUT2D eigenvalue weighted by Crippen LogP contribution is 2.24. The zero-order valence-electron chi connectivity index (χ0n) is 10.4. The zero-order valence-corrected chi connectivity index (χ0v) is 11.9. The first-order valence-electron chi connectivity index (χ1n) is 6.06. The Labute approximate surface area is 109 Å². The van der Waals surface area contributed by atoms with E-state index in [2.05, 4.69) is 6.92 Å². The second kappa shape index (κ2) is 8.29. The summed E-state index contributed by atoms with van der Waals surface area (Å²) in [6.07, 6.45) is 5.81.